The third-order valence-electron chi connectivity index (χ3n) is 8.40. The molecule has 0 spiro atoms. The predicted molar refractivity (Wildman–Crippen MR) is 175 cm³/mol. The van der Waals surface area contributed by atoms with Gasteiger partial charge in [-0.25, -0.2) is 4.98 Å². The molecule has 0 bridgehead atoms. The summed E-state index contributed by atoms with van der Waals surface area (Å²) in [5.41, 5.74) is 8.29. The van der Waals surface area contributed by atoms with Crippen LogP contribution in [-0.2, 0) is 27.7 Å². The van der Waals surface area contributed by atoms with E-state index in [1.165, 1.54) is 5.39 Å². The molecule has 1 aliphatic rings. The number of nitrogens with zero attached hydrogens (tertiary/aromatic N) is 4. The highest BCUT2D eigenvalue weighted by Crippen LogP contribution is 2.42. The summed E-state index contributed by atoms with van der Waals surface area (Å²) < 4.78 is 13.7. The Morgan fingerprint density at radius 3 is 2.70 bits per heavy atom. The maximum atomic E-state index is 12.7. The second kappa shape index (κ2) is 12.7. The number of aryl methyl sites for hydroxylation is 2. The first kappa shape index (κ1) is 29.8. The minimum atomic E-state index is -0.233. The second-order valence-electron chi connectivity index (χ2n) is 11.3. The molecule has 1 saturated heterocycles. The highest BCUT2D eigenvalue weighted by molar-refractivity contribution is 7.22. The van der Waals surface area contributed by atoms with E-state index in [2.05, 4.69) is 29.2 Å². The smallest absolute Gasteiger partial charge is 0.310 e. The lowest BCUT2D eigenvalue weighted by Crippen LogP contribution is -2.36. The highest BCUT2D eigenvalue weighted by atomic mass is 35.5. The van der Waals surface area contributed by atoms with Crippen molar-refractivity contribution in [1.29, 1.82) is 0 Å². The molecule has 0 saturated carbocycles. The molecule has 3 aromatic carbocycles. The molecule has 43 heavy (non-hydrogen) atoms. The van der Waals surface area contributed by atoms with E-state index in [-0.39, 0.29) is 12.4 Å². The Labute approximate surface area is 261 Å². The van der Waals surface area contributed by atoms with Gasteiger partial charge in [0.05, 0.1) is 41.1 Å². The van der Waals surface area contributed by atoms with Crippen molar-refractivity contribution in [3.05, 3.63) is 70.4 Å². The zero-order chi connectivity index (χ0) is 30.1. The Morgan fingerprint density at radius 2 is 1.93 bits per heavy atom. The number of fused-ring (bicyclic) bond motifs is 2. The van der Waals surface area contributed by atoms with Gasteiger partial charge in [-0.05, 0) is 86.3 Å². The van der Waals surface area contributed by atoms with Gasteiger partial charge in [-0.2, -0.15) is 5.10 Å². The molecule has 1 atom stereocenters. The van der Waals surface area contributed by atoms with Crippen LogP contribution < -0.4 is 0 Å². The molecule has 0 aliphatic carbocycles. The van der Waals surface area contributed by atoms with Crippen molar-refractivity contribution in [2.45, 2.75) is 39.0 Å². The zero-order valence-electron chi connectivity index (χ0n) is 25.2. The number of likely N-dealkylation sites (tertiary alicyclic amines) is 1. The molecule has 1 aliphatic heterocycles. The topological polar surface area (TPSA) is 69.5 Å². The summed E-state index contributed by atoms with van der Waals surface area (Å²) in [4.78, 5) is 20.3. The zero-order valence-corrected chi connectivity index (χ0v) is 26.7. The van der Waals surface area contributed by atoms with E-state index in [0.29, 0.717) is 17.5 Å². The van der Waals surface area contributed by atoms with Crippen LogP contribution in [0.1, 0.15) is 42.5 Å². The van der Waals surface area contributed by atoms with Crippen molar-refractivity contribution in [3.63, 3.8) is 0 Å². The average Bonchev–Trinajstić information content (AvgIpc) is 3.58. The fourth-order valence-corrected chi connectivity index (χ4v) is 7.55. The van der Waals surface area contributed by atoms with Crippen LogP contribution in [0.5, 0.6) is 0 Å². The molecular weight excluding hydrogens is 580 g/mol. The molecule has 0 radical (unpaired) electrons. The van der Waals surface area contributed by atoms with Crippen molar-refractivity contribution in [3.8, 4) is 21.7 Å². The first-order valence-corrected chi connectivity index (χ1v) is 16.1. The van der Waals surface area contributed by atoms with Crippen LogP contribution >= 0.6 is 22.9 Å². The number of ether oxygens (including phenoxy) is 2. The van der Waals surface area contributed by atoms with Crippen molar-refractivity contribution in [2.24, 2.45) is 7.05 Å². The van der Waals surface area contributed by atoms with Crippen LogP contribution in [0.25, 0.3) is 42.8 Å². The van der Waals surface area contributed by atoms with Gasteiger partial charge in [-0.1, -0.05) is 23.7 Å². The summed E-state index contributed by atoms with van der Waals surface area (Å²) in [6, 6.07) is 16.5. The lowest BCUT2D eigenvalue weighted by Gasteiger charge is -2.31. The largest absolute Gasteiger partial charge is 0.466 e. The van der Waals surface area contributed by atoms with E-state index in [9.17, 15) is 4.79 Å². The molecule has 5 aromatic rings. The van der Waals surface area contributed by atoms with E-state index in [0.717, 1.165) is 93.3 Å². The Hall–Kier alpha value is -3.30. The second-order valence-corrected chi connectivity index (χ2v) is 12.7. The van der Waals surface area contributed by atoms with Gasteiger partial charge in [0.2, 0.25) is 0 Å². The van der Waals surface area contributed by atoms with Gasteiger partial charge < -0.3 is 14.4 Å². The molecule has 0 N–H and O–H groups in total. The Kier molecular flexibility index (Phi) is 8.82. The SMILES string of the molecule is CCOC(=O)Cc1c(C)cc2nc(-c3ccc4c(c3)c(C3CCCN(CCOC)C3)nn4C)sc2c1-c1ccc(Cl)cc1. The molecule has 7 nitrogen and oxygen atoms in total. The monoisotopic (exact) mass is 616 g/mol. The van der Waals surface area contributed by atoms with E-state index in [4.69, 9.17) is 31.2 Å². The van der Waals surface area contributed by atoms with Crippen molar-refractivity contribution in [2.75, 3.05) is 40.0 Å². The van der Waals surface area contributed by atoms with E-state index in [1.54, 1.807) is 18.4 Å². The van der Waals surface area contributed by atoms with Crippen molar-refractivity contribution >= 4 is 50.0 Å². The minimum Gasteiger partial charge on any atom is -0.466 e. The molecule has 2 aromatic heterocycles. The third kappa shape index (κ3) is 6.07. The quantitative estimate of drug-likeness (QED) is 0.161. The molecule has 3 heterocycles. The van der Waals surface area contributed by atoms with Crippen LogP contribution in [0.4, 0.5) is 0 Å². The fourth-order valence-electron chi connectivity index (χ4n) is 6.29. The Balaban J connectivity index is 1.44. The number of hydrogen-bond acceptors (Lipinski definition) is 7. The molecule has 224 valence electrons. The standard InChI is InChI=1S/C34H37ClN4O3S/c1-5-42-30(40)19-26-21(2)17-28-33(31(26)22-8-11-25(35)12-9-22)43-34(36-28)23-10-13-29-27(18-23)32(37-38(29)3)24-7-6-14-39(20-24)15-16-41-4/h8-13,17-18,24H,5-7,14-16,19-20H2,1-4H3. The molecule has 6 rings (SSSR count). The summed E-state index contributed by atoms with van der Waals surface area (Å²) in [6.07, 6.45) is 2.49. The average molecular weight is 617 g/mol. The maximum Gasteiger partial charge on any atom is 0.310 e. The van der Waals surface area contributed by atoms with Crippen LogP contribution in [0.15, 0.2) is 48.5 Å². The minimum absolute atomic E-state index is 0.203. The number of piperidine rings is 1. The summed E-state index contributed by atoms with van der Waals surface area (Å²) >= 11 is 7.91. The molecule has 9 heteroatoms. The number of benzene rings is 3. The van der Waals surface area contributed by atoms with Gasteiger partial charge >= 0.3 is 5.97 Å². The number of thiazole rings is 1. The first-order valence-electron chi connectivity index (χ1n) is 14.9. The summed E-state index contributed by atoms with van der Waals surface area (Å²) in [7, 11) is 3.79. The van der Waals surface area contributed by atoms with Gasteiger partial charge in [-0.3, -0.25) is 9.48 Å². The number of esters is 1. The summed E-state index contributed by atoms with van der Waals surface area (Å²) in [6.45, 7) is 8.02. The number of methoxy groups -OCH3 is 1. The van der Waals surface area contributed by atoms with Gasteiger partial charge in [0.15, 0.2) is 0 Å². The van der Waals surface area contributed by atoms with Crippen molar-refractivity contribution in [1.82, 2.24) is 19.7 Å². The predicted octanol–water partition coefficient (Wildman–Crippen LogP) is 7.41. The maximum absolute atomic E-state index is 12.7. The van der Waals surface area contributed by atoms with Crippen LogP contribution in [0.3, 0.4) is 0 Å². The Morgan fingerprint density at radius 1 is 1.14 bits per heavy atom. The lowest BCUT2D eigenvalue weighted by atomic mass is 9.92. The molecule has 0 amide bonds. The summed E-state index contributed by atoms with van der Waals surface area (Å²) in [5.74, 6) is 0.146. The normalized spacial score (nSPS) is 15.9. The van der Waals surface area contributed by atoms with Crippen LogP contribution in [-0.4, -0.2) is 65.6 Å². The van der Waals surface area contributed by atoms with Crippen molar-refractivity contribution < 1.29 is 14.3 Å². The number of aromatic nitrogens is 3. The number of rotatable bonds is 9. The van der Waals surface area contributed by atoms with Crippen LogP contribution in [0, 0.1) is 6.92 Å². The van der Waals surface area contributed by atoms with Gasteiger partial charge in [-0.15, -0.1) is 11.3 Å². The first-order chi connectivity index (χ1) is 20.9. The number of hydrogen-bond donors (Lipinski definition) is 0. The fraction of sp³-hybridized carbons (Fsp3) is 0.382. The summed E-state index contributed by atoms with van der Waals surface area (Å²) in [5, 5.41) is 7.83. The van der Waals surface area contributed by atoms with Gasteiger partial charge in [0.1, 0.15) is 5.01 Å². The van der Waals surface area contributed by atoms with E-state index >= 15 is 0 Å². The molecule has 1 unspecified atom stereocenters. The van der Waals surface area contributed by atoms with E-state index < -0.39 is 0 Å². The van der Waals surface area contributed by atoms with Crippen LogP contribution in [0.2, 0.25) is 5.02 Å². The number of halogens is 1. The number of carbonyl (C=O) groups is 1. The van der Waals surface area contributed by atoms with E-state index in [1.807, 2.05) is 49.8 Å². The molecule has 1 fully saturated rings. The number of carbonyl (C=O) groups excluding carboxylic acids is 1. The van der Waals surface area contributed by atoms with Gasteiger partial charge in [0, 0.05) is 54.7 Å². The molecular formula is C34H37ClN4O3S. The lowest BCUT2D eigenvalue weighted by molar-refractivity contribution is -0.142. The highest BCUT2D eigenvalue weighted by Gasteiger charge is 2.26. The Bertz CT molecular complexity index is 1780. The van der Waals surface area contributed by atoms with Gasteiger partial charge in [0.25, 0.3) is 0 Å². The third-order valence-corrected chi connectivity index (χ3v) is 9.79.